The summed E-state index contributed by atoms with van der Waals surface area (Å²) in [6.45, 7) is 8.67. The van der Waals surface area contributed by atoms with Gasteiger partial charge in [0.15, 0.2) is 0 Å². The number of benzene rings is 2. The largest absolute Gasteiger partial charge is 0.369 e. The Bertz CT molecular complexity index is 1260. The van der Waals surface area contributed by atoms with Crippen LogP contribution >= 0.6 is 11.8 Å². The van der Waals surface area contributed by atoms with E-state index in [4.69, 9.17) is 4.98 Å². The molecule has 6 rings (SSSR count). The van der Waals surface area contributed by atoms with E-state index in [0.29, 0.717) is 12.0 Å². The smallest absolute Gasteiger partial charge is 0.229 e. The van der Waals surface area contributed by atoms with Crippen LogP contribution in [0.2, 0.25) is 0 Å². The van der Waals surface area contributed by atoms with Gasteiger partial charge >= 0.3 is 0 Å². The number of likely N-dealkylation sites (N-methyl/N-ethyl adjacent to an activating group) is 1. The van der Waals surface area contributed by atoms with Crippen molar-refractivity contribution in [1.82, 2.24) is 14.9 Å². The fraction of sp³-hybridized carbons (Fsp3) is 0.286. The lowest BCUT2D eigenvalue weighted by Crippen LogP contribution is -2.44. The minimum Gasteiger partial charge on any atom is -0.369 e. The molecule has 0 amide bonds. The number of thioether (sulfide) groups is 1. The van der Waals surface area contributed by atoms with Gasteiger partial charge in [0, 0.05) is 71.7 Å². The molecule has 3 aromatic rings. The van der Waals surface area contributed by atoms with Gasteiger partial charge in [0.25, 0.3) is 0 Å². The van der Waals surface area contributed by atoms with Crippen molar-refractivity contribution in [2.45, 2.75) is 17.4 Å². The van der Waals surface area contributed by atoms with Crippen LogP contribution in [0.3, 0.4) is 0 Å². The summed E-state index contributed by atoms with van der Waals surface area (Å²) in [5.41, 5.74) is 5.64. The van der Waals surface area contributed by atoms with Crippen molar-refractivity contribution in [2.24, 2.45) is 0 Å². The molecule has 1 unspecified atom stereocenters. The predicted octanol–water partition coefficient (Wildman–Crippen LogP) is 5.04. The monoisotopic (exact) mass is 482 g/mol. The molecule has 0 aliphatic carbocycles. The molecular weight excluding hydrogens is 452 g/mol. The van der Waals surface area contributed by atoms with Gasteiger partial charge in [-0.05, 0) is 61.5 Å². The molecule has 0 bridgehead atoms. The summed E-state index contributed by atoms with van der Waals surface area (Å²) >= 11 is 1.91. The zero-order valence-electron chi connectivity index (χ0n) is 20.0. The van der Waals surface area contributed by atoms with Crippen molar-refractivity contribution in [3.63, 3.8) is 0 Å². The number of anilines is 4. The summed E-state index contributed by atoms with van der Waals surface area (Å²) < 4.78 is 0. The van der Waals surface area contributed by atoms with Gasteiger partial charge in [0.05, 0.1) is 0 Å². The third kappa shape index (κ3) is 4.54. The Labute approximate surface area is 211 Å². The fourth-order valence-corrected chi connectivity index (χ4v) is 6.14. The molecule has 7 heteroatoms. The van der Waals surface area contributed by atoms with E-state index in [1.54, 1.807) is 0 Å². The molecule has 1 aromatic heterocycles. The summed E-state index contributed by atoms with van der Waals surface area (Å²) in [4.78, 5) is 18.0. The van der Waals surface area contributed by atoms with Crippen LogP contribution in [0.1, 0.15) is 11.1 Å². The number of allylic oxidation sites excluding steroid dienone is 1. The van der Waals surface area contributed by atoms with Crippen LogP contribution in [0.4, 0.5) is 23.1 Å². The van der Waals surface area contributed by atoms with E-state index < -0.39 is 0 Å². The number of fused-ring (bicyclic) bond motifs is 2. The van der Waals surface area contributed by atoms with Gasteiger partial charge in [-0.25, -0.2) is 4.98 Å². The van der Waals surface area contributed by atoms with E-state index in [0.717, 1.165) is 61.1 Å². The standard InChI is InChI=1S/C28H30N6S/c1-20-7-8-22-18-29-28(30-23-9-11-24(12-10-23)33-15-13-32(2)14-16-33)31-27(22)34(20)25-17-21-5-3-4-6-26(21)35-19-25/h3-12,18,25H,1,13-17,19H2,2H3,(H,29,30,31). The van der Waals surface area contributed by atoms with Crippen LogP contribution in [-0.2, 0) is 6.42 Å². The highest BCUT2D eigenvalue weighted by molar-refractivity contribution is 7.99. The van der Waals surface area contributed by atoms with Gasteiger partial charge in [-0.2, -0.15) is 4.98 Å². The van der Waals surface area contributed by atoms with Crippen molar-refractivity contribution in [2.75, 3.05) is 54.1 Å². The Hall–Kier alpha value is -3.29. The number of aromatic nitrogens is 2. The third-order valence-electron chi connectivity index (χ3n) is 7.01. The molecule has 3 aliphatic rings. The Kier molecular flexibility index (Phi) is 5.96. The number of rotatable bonds is 4. The molecule has 1 fully saturated rings. The van der Waals surface area contributed by atoms with Gasteiger partial charge in [0.2, 0.25) is 5.95 Å². The second-order valence-corrected chi connectivity index (χ2v) is 10.5. The zero-order chi connectivity index (χ0) is 23.8. The molecule has 0 saturated carbocycles. The maximum Gasteiger partial charge on any atom is 0.229 e. The van der Waals surface area contributed by atoms with Crippen molar-refractivity contribution >= 4 is 41.0 Å². The number of hydrogen-bond donors (Lipinski definition) is 1. The van der Waals surface area contributed by atoms with E-state index in [-0.39, 0.29) is 0 Å². The number of nitrogens with one attached hydrogen (secondary N) is 1. The lowest BCUT2D eigenvalue weighted by molar-refractivity contribution is 0.313. The minimum atomic E-state index is 0.303. The minimum absolute atomic E-state index is 0.303. The topological polar surface area (TPSA) is 47.5 Å². The molecule has 0 radical (unpaired) electrons. The fourth-order valence-electron chi connectivity index (χ4n) is 4.99. The SMILES string of the molecule is C=C1C=Cc2cnc(Nc3ccc(N4CCN(C)CC4)cc3)nc2N1C1CSc2ccccc2C1. The second kappa shape index (κ2) is 9.40. The zero-order valence-corrected chi connectivity index (χ0v) is 20.8. The molecule has 4 heterocycles. The predicted molar refractivity (Wildman–Crippen MR) is 147 cm³/mol. The average molecular weight is 483 g/mol. The molecule has 0 spiro atoms. The van der Waals surface area contributed by atoms with Gasteiger partial charge in [-0.15, -0.1) is 11.8 Å². The second-order valence-electron chi connectivity index (χ2n) is 9.41. The Morgan fingerprint density at radius 1 is 1.00 bits per heavy atom. The van der Waals surface area contributed by atoms with Crippen LogP contribution < -0.4 is 15.1 Å². The first kappa shape index (κ1) is 22.2. The first-order valence-electron chi connectivity index (χ1n) is 12.2. The van der Waals surface area contributed by atoms with Crippen molar-refractivity contribution in [3.05, 3.63) is 84.2 Å². The van der Waals surface area contributed by atoms with E-state index in [1.807, 2.05) is 18.0 Å². The van der Waals surface area contributed by atoms with Crippen LogP contribution in [0.25, 0.3) is 6.08 Å². The molecule has 3 aliphatic heterocycles. The summed E-state index contributed by atoms with van der Waals surface area (Å²) in [5, 5.41) is 3.41. The summed E-state index contributed by atoms with van der Waals surface area (Å²) in [5.74, 6) is 2.53. The quantitative estimate of drug-likeness (QED) is 0.559. The van der Waals surface area contributed by atoms with Gasteiger partial charge in [-0.3, -0.25) is 0 Å². The maximum absolute atomic E-state index is 4.96. The average Bonchev–Trinajstić information content (AvgIpc) is 2.89. The van der Waals surface area contributed by atoms with Crippen molar-refractivity contribution in [1.29, 1.82) is 0 Å². The van der Waals surface area contributed by atoms with Crippen molar-refractivity contribution < 1.29 is 0 Å². The summed E-state index contributed by atoms with van der Waals surface area (Å²) in [6.07, 6.45) is 7.02. The van der Waals surface area contributed by atoms with Gasteiger partial charge in [-0.1, -0.05) is 24.8 Å². The van der Waals surface area contributed by atoms with Gasteiger partial charge < -0.3 is 20.0 Å². The molecule has 1 saturated heterocycles. The van der Waals surface area contributed by atoms with Gasteiger partial charge in [0.1, 0.15) is 5.82 Å². The molecule has 6 nitrogen and oxygen atoms in total. The number of hydrogen-bond acceptors (Lipinski definition) is 7. The first-order valence-corrected chi connectivity index (χ1v) is 13.2. The molecule has 35 heavy (non-hydrogen) atoms. The highest BCUT2D eigenvalue weighted by Crippen LogP contribution is 2.38. The molecule has 178 valence electrons. The maximum atomic E-state index is 4.96. The van der Waals surface area contributed by atoms with Crippen LogP contribution in [0.5, 0.6) is 0 Å². The summed E-state index contributed by atoms with van der Waals surface area (Å²) in [6, 6.07) is 17.6. The Morgan fingerprint density at radius 2 is 1.80 bits per heavy atom. The van der Waals surface area contributed by atoms with Crippen LogP contribution in [0, 0.1) is 0 Å². The first-order chi connectivity index (χ1) is 17.1. The highest BCUT2D eigenvalue weighted by Gasteiger charge is 2.30. The van der Waals surface area contributed by atoms with Crippen LogP contribution in [0.15, 0.2) is 78.0 Å². The van der Waals surface area contributed by atoms with Crippen molar-refractivity contribution in [3.8, 4) is 0 Å². The lowest BCUT2D eigenvalue weighted by atomic mass is 10.0. The lowest BCUT2D eigenvalue weighted by Gasteiger charge is -2.38. The van der Waals surface area contributed by atoms with E-state index >= 15 is 0 Å². The molecule has 2 aromatic carbocycles. The molecule has 1 N–H and O–H groups in total. The number of nitrogens with zero attached hydrogens (tertiary/aromatic N) is 5. The normalized spacial score (nSPS) is 19.9. The number of piperazine rings is 1. The van der Waals surface area contributed by atoms with E-state index in [1.165, 1.54) is 16.1 Å². The Balaban J connectivity index is 1.21. The summed E-state index contributed by atoms with van der Waals surface area (Å²) in [7, 11) is 2.18. The van der Waals surface area contributed by atoms with E-state index in [2.05, 4.69) is 99.3 Å². The Morgan fingerprint density at radius 3 is 2.63 bits per heavy atom. The van der Waals surface area contributed by atoms with E-state index in [9.17, 15) is 0 Å². The van der Waals surface area contributed by atoms with Crippen LogP contribution in [-0.4, -0.2) is 59.9 Å². The third-order valence-corrected chi connectivity index (χ3v) is 8.27. The highest BCUT2D eigenvalue weighted by atomic mass is 32.2. The molecule has 1 atom stereocenters. The molecular formula is C28H30N6S.